The van der Waals surface area contributed by atoms with E-state index in [0.29, 0.717) is 25.0 Å². The molecule has 4 nitrogen and oxygen atoms in total. The molecule has 2 aliphatic heterocycles. The van der Waals surface area contributed by atoms with Crippen LogP contribution in [0.3, 0.4) is 0 Å². The first-order valence-corrected chi connectivity index (χ1v) is 9.20. The normalized spacial score (nSPS) is 41.1. The largest absolute Gasteiger partial charge is 0.461 e. The summed E-state index contributed by atoms with van der Waals surface area (Å²) in [5.74, 6) is 0.802. The summed E-state index contributed by atoms with van der Waals surface area (Å²) in [7, 11) is 0. The van der Waals surface area contributed by atoms with Crippen LogP contribution < -0.4 is 0 Å². The lowest BCUT2D eigenvalue weighted by molar-refractivity contribution is -0.136. The van der Waals surface area contributed by atoms with Crippen LogP contribution in [0.5, 0.6) is 0 Å². The zero-order chi connectivity index (χ0) is 16.9. The molecule has 2 fully saturated rings. The second kappa shape index (κ2) is 5.47. The van der Waals surface area contributed by atoms with E-state index in [-0.39, 0.29) is 22.8 Å². The third kappa shape index (κ3) is 2.18. The molecular weight excluding hydrogens is 304 g/mol. The highest BCUT2D eigenvalue weighted by Crippen LogP contribution is 2.63. The summed E-state index contributed by atoms with van der Waals surface area (Å²) in [5, 5.41) is 0. The number of cyclic esters (lactones) is 2. The zero-order valence-corrected chi connectivity index (χ0v) is 14.6. The van der Waals surface area contributed by atoms with Crippen molar-refractivity contribution < 1.29 is 19.1 Å². The lowest BCUT2D eigenvalue weighted by Gasteiger charge is -2.56. The Labute approximate surface area is 143 Å². The van der Waals surface area contributed by atoms with Crippen molar-refractivity contribution in [1.29, 1.82) is 0 Å². The first kappa shape index (κ1) is 15.9. The molecule has 0 N–H and O–H groups in total. The van der Waals surface area contributed by atoms with E-state index in [4.69, 9.17) is 9.47 Å². The molecule has 1 saturated carbocycles. The first-order chi connectivity index (χ1) is 11.5. The van der Waals surface area contributed by atoms with Gasteiger partial charge in [-0.3, -0.25) is 0 Å². The van der Waals surface area contributed by atoms with Crippen LogP contribution in [-0.2, 0) is 19.1 Å². The maximum Gasteiger partial charge on any atom is 0.334 e. The highest BCUT2D eigenvalue weighted by atomic mass is 16.5. The van der Waals surface area contributed by atoms with Crippen molar-refractivity contribution in [2.75, 3.05) is 13.2 Å². The van der Waals surface area contributed by atoms with E-state index in [1.54, 1.807) is 6.08 Å². The van der Waals surface area contributed by atoms with Gasteiger partial charge in [0.1, 0.15) is 13.2 Å². The minimum Gasteiger partial charge on any atom is -0.461 e. The second-order valence-electron chi connectivity index (χ2n) is 8.34. The van der Waals surface area contributed by atoms with E-state index < -0.39 is 0 Å². The van der Waals surface area contributed by atoms with Crippen LogP contribution in [0, 0.1) is 22.7 Å². The molecule has 1 spiro atoms. The lowest BCUT2D eigenvalue weighted by Crippen LogP contribution is -2.51. The fourth-order valence-electron chi connectivity index (χ4n) is 5.70. The molecule has 2 heterocycles. The molecule has 4 atom stereocenters. The number of esters is 2. The van der Waals surface area contributed by atoms with Crippen molar-refractivity contribution in [3.63, 3.8) is 0 Å². The molecular formula is C20H26O4. The lowest BCUT2D eigenvalue weighted by atomic mass is 9.47. The van der Waals surface area contributed by atoms with Crippen LogP contribution in [0.15, 0.2) is 23.3 Å². The summed E-state index contributed by atoms with van der Waals surface area (Å²) in [4.78, 5) is 23.5. The summed E-state index contributed by atoms with van der Waals surface area (Å²) >= 11 is 0. The van der Waals surface area contributed by atoms with E-state index in [9.17, 15) is 9.59 Å². The van der Waals surface area contributed by atoms with E-state index in [1.807, 2.05) is 0 Å². The summed E-state index contributed by atoms with van der Waals surface area (Å²) in [6.45, 7) is 5.77. The van der Waals surface area contributed by atoms with Crippen LogP contribution >= 0.6 is 0 Å². The molecule has 24 heavy (non-hydrogen) atoms. The van der Waals surface area contributed by atoms with Gasteiger partial charge in [0, 0.05) is 17.1 Å². The molecule has 4 aliphatic rings. The highest BCUT2D eigenvalue weighted by Gasteiger charge is 2.60. The number of hydrogen-bond donors (Lipinski definition) is 0. The van der Waals surface area contributed by atoms with Crippen molar-refractivity contribution in [2.24, 2.45) is 22.7 Å². The van der Waals surface area contributed by atoms with Gasteiger partial charge in [0.15, 0.2) is 0 Å². The smallest absolute Gasteiger partial charge is 0.334 e. The molecule has 1 saturated heterocycles. The van der Waals surface area contributed by atoms with Gasteiger partial charge in [-0.25, -0.2) is 9.59 Å². The summed E-state index contributed by atoms with van der Waals surface area (Å²) in [6.07, 6.45) is 10.1. The fourth-order valence-corrected chi connectivity index (χ4v) is 5.70. The standard InChI is InChI=1S/C20H26O4/c1-13-6-9-20-12-24-18(22)15(20)4-3-5-16(20)19(13,2)8-7-14-10-17(21)23-11-14/h4,10,13,16H,3,5-9,11-12H2,1-2H3/t13-,16-,19+,20-/m1/s1. The van der Waals surface area contributed by atoms with Gasteiger partial charge < -0.3 is 9.47 Å². The molecule has 0 unspecified atom stereocenters. The molecule has 130 valence electrons. The number of ether oxygens (including phenoxy) is 2. The van der Waals surface area contributed by atoms with E-state index in [0.717, 1.165) is 49.7 Å². The Morgan fingerprint density at radius 3 is 2.83 bits per heavy atom. The Hall–Kier alpha value is -1.58. The second-order valence-corrected chi connectivity index (χ2v) is 8.34. The predicted octanol–water partition coefficient (Wildman–Crippen LogP) is 3.57. The molecule has 0 amide bonds. The highest BCUT2D eigenvalue weighted by molar-refractivity contribution is 5.92. The Morgan fingerprint density at radius 1 is 1.25 bits per heavy atom. The molecule has 2 aliphatic carbocycles. The minimum atomic E-state index is -0.207. The molecule has 0 bridgehead atoms. The van der Waals surface area contributed by atoms with Crippen LogP contribution in [-0.4, -0.2) is 25.2 Å². The van der Waals surface area contributed by atoms with Crippen molar-refractivity contribution in [3.05, 3.63) is 23.3 Å². The molecule has 0 radical (unpaired) electrons. The number of hydrogen-bond acceptors (Lipinski definition) is 4. The van der Waals surface area contributed by atoms with Crippen LogP contribution in [0.4, 0.5) is 0 Å². The number of carbonyl (C=O) groups is 2. The number of rotatable bonds is 3. The van der Waals surface area contributed by atoms with Gasteiger partial charge in [-0.15, -0.1) is 0 Å². The average Bonchev–Trinajstić information content (AvgIpc) is 3.13. The zero-order valence-electron chi connectivity index (χ0n) is 14.6. The van der Waals surface area contributed by atoms with E-state index in [2.05, 4.69) is 19.9 Å². The third-order valence-electron chi connectivity index (χ3n) is 7.34. The molecule has 0 aromatic carbocycles. The molecule has 0 aromatic rings. The van der Waals surface area contributed by atoms with Gasteiger partial charge >= 0.3 is 11.9 Å². The van der Waals surface area contributed by atoms with Gasteiger partial charge in [-0.1, -0.05) is 19.9 Å². The first-order valence-electron chi connectivity index (χ1n) is 9.20. The van der Waals surface area contributed by atoms with Gasteiger partial charge in [-0.05, 0) is 61.3 Å². The number of carbonyl (C=O) groups excluding carboxylic acids is 2. The topological polar surface area (TPSA) is 52.6 Å². The minimum absolute atomic E-state index is 0.0625. The van der Waals surface area contributed by atoms with Crippen LogP contribution in [0.25, 0.3) is 0 Å². The maximum absolute atomic E-state index is 12.2. The Bertz CT molecular complexity index is 646. The van der Waals surface area contributed by atoms with Gasteiger partial charge in [-0.2, -0.15) is 0 Å². The predicted molar refractivity (Wildman–Crippen MR) is 89.0 cm³/mol. The Morgan fingerprint density at radius 2 is 2.08 bits per heavy atom. The quantitative estimate of drug-likeness (QED) is 0.742. The van der Waals surface area contributed by atoms with Crippen LogP contribution in [0.1, 0.15) is 52.4 Å². The van der Waals surface area contributed by atoms with Crippen molar-refractivity contribution >= 4 is 11.9 Å². The van der Waals surface area contributed by atoms with Crippen molar-refractivity contribution in [2.45, 2.75) is 52.4 Å². The summed E-state index contributed by atoms with van der Waals surface area (Å²) < 4.78 is 10.5. The summed E-state index contributed by atoms with van der Waals surface area (Å²) in [5.41, 5.74) is 2.17. The van der Waals surface area contributed by atoms with Gasteiger partial charge in [0.25, 0.3) is 0 Å². The summed E-state index contributed by atoms with van der Waals surface area (Å²) in [6, 6.07) is 0. The van der Waals surface area contributed by atoms with Crippen molar-refractivity contribution in [1.82, 2.24) is 0 Å². The van der Waals surface area contributed by atoms with E-state index in [1.165, 1.54) is 0 Å². The third-order valence-corrected chi connectivity index (χ3v) is 7.34. The molecule has 4 heteroatoms. The van der Waals surface area contributed by atoms with Crippen LogP contribution in [0.2, 0.25) is 0 Å². The SMILES string of the molecule is C[C@@H]1CC[C@@]23COC(=O)C2=CCC[C@@H]3[C@@]1(C)CCC1=CC(=O)OC1. The molecule has 0 aromatic heterocycles. The Kier molecular flexibility index (Phi) is 3.63. The van der Waals surface area contributed by atoms with Gasteiger partial charge in [0.05, 0.1) is 0 Å². The van der Waals surface area contributed by atoms with Gasteiger partial charge in [0.2, 0.25) is 0 Å². The monoisotopic (exact) mass is 330 g/mol. The Balaban J connectivity index is 1.61. The maximum atomic E-state index is 12.2. The molecule has 4 rings (SSSR count). The fraction of sp³-hybridized carbons (Fsp3) is 0.700. The average molecular weight is 330 g/mol. The number of allylic oxidation sites excluding steroid dienone is 1. The van der Waals surface area contributed by atoms with E-state index >= 15 is 0 Å². The van der Waals surface area contributed by atoms with Crippen molar-refractivity contribution in [3.8, 4) is 0 Å².